The lowest BCUT2D eigenvalue weighted by atomic mass is 9.94. The van der Waals surface area contributed by atoms with Crippen LogP contribution in [0.4, 0.5) is 5.69 Å². The van der Waals surface area contributed by atoms with E-state index in [4.69, 9.17) is 21.1 Å². The maximum absolute atomic E-state index is 14.8. The highest BCUT2D eigenvalue weighted by Crippen LogP contribution is 2.36. The van der Waals surface area contributed by atoms with E-state index < -0.39 is 28.5 Å². The van der Waals surface area contributed by atoms with Gasteiger partial charge in [0.15, 0.2) is 0 Å². The van der Waals surface area contributed by atoms with Crippen LogP contribution in [0.25, 0.3) is 0 Å². The molecule has 0 aliphatic heterocycles. The van der Waals surface area contributed by atoms with Gasteiger partial charge >= 0.3 is 0 Å². The molecule has 2 amide bonds. The Bertz CT molecular complexity index is 1800. The molecule has 1 fully saturated rings. The van der Waals surface area contributed by atoms with Crippen LogP contribution < -0.4 is 19.1 Å². The zero-order valence-corrected chi connectivity index (χ0v) is 29.3. The fraction of sp³-hybridized carbons (Fsp3) is 0.316. The largest absolute Gasteiger partial charge is 0.497 e. The van der Waals surface area contributed by atoms with Gasteiger partial charge in [0.05, 0.1) is 24.8 Å². The molecule has 0 spiro atoms. The Kier molecular flexibility index (Phi) is 12.2. The van der Waals surface area contributed by atoms with Gasteiger partial charge in [0.2, 0.25) is 11.8 Å². The molecule has 0 heterocycles. The number of hydrogen-bond acceptors (Lipinski definition) is 6. The highest BCUT2D eigenvalue weighted by Gasteiger charge is 2.36. The summed E-state index contributed by atoms with van der Waals surface area (Å²) in [5.41, 5.74) is 1.72. The first-order valence-corrected chi connectivity index (χ1v) is 18.2. The van der Waals surface area contributed by atoms with Crippen LogP contribution in [0.3, 0.4) is 0 Å². The van der Waals surface area contributed by atoms with Crippen molar-refractivity contribution in [3.05, 3.63) is 119 Å². The van der Waals surface area contributed by atoms with Gasteiger partial charge in [-0.3, -0.25) is 13.9 Å². The lowest BCUT2D eigenvalue weighted by Crippen LogP contribution is -2.55. The summed E-state index contributed by atoms with van der Waals surface area (Å²) < 4.78 is 40.8. The van der Waals surface area contributed by atoms with Gasteiger partial charge in [0.1, 0.15) is 24.1 Å². The van der Waals surface area contributed by atoms with E-state index in [0.29, 0.717) is 10.8 Å². The molecule has 0 bridgehead atoms. The fourth-order valence-corrected chi connectivity index (χ4v) is 7.67. The zero-order chi connectivity index (χ0) is 34.8. The number of halogens is 1. The first-order chi connectivity index (χ1) is 23.7. The number of amides is 2. The van der Waals surface area contributed by atoms with E-state index in [2.05, 4.69) is 5.32 Å². The van der Waals surface area contributed by atoms with Crippen molar-refractivity contribution in [3.63, 3.8) is 0 Å². The van der Waals surface area contributed by atoms with E-state index in [-0.39, 0.29) is 41.2 Å². The Morgan fingerprint density at radius 1 is 0.837 bits per heavy atom. The fourth-order valence-electron chi connectivity index (χ4n) is 6.11. The van der Waals surface area contributed by atoms with Gasteiger partial charge in [-0.1, -0.05) is 91.5 Å². The number of hydrogen-bond donors (Lipinski definition) is 1. The second-order valence-electron chi connectivity index (χ2n) is 12.1. The summed E-state index contributed by atoms with van der Waals surface area (Å²) in [5.74, 6) is -0.245. The van der Waals surface area contributed by atoms with Crippen LogP contribution in [-0.2, 0) is 32.6 Å². The van der Waals surface area contributed by atoms with Gasteiger partial charge in [-0.05, 0) is 60.4 Å². The normalized spacial score (nSPS) is 14.0. The van der Waals surface area contributed by atoms with Crippen LogP contribution >= 0.6 is 11.6 Å². The van der Waals surface area contributed by atoms with Crippen LogP contribution in [-0.4, -0.2) is 58.0 Å². The van der Waals surface area contributed by atoms with E-state index in [0.717, 1.165) is 47.5 Å². The lowest BCUT2D eigenvalue weighted by molar-refractivity contribution is -0.140. The van der Waals surface area contributed by atoms with Gasteiger partial charge in [-0.2, -0.15) is 0 Å². The maximum atomic E-state index is 14.8. The molecule has 4 aromatic carbocycles. The van der Waals surface area contributed by atoms with Gasteiger partial charge in [0.25, 0.3) is 10.0 Å². The van der Waals surface area contributed by atoms with Gasteiger partial charge in [-0.15, -0.1) is 0 Å². The molecule has 1 N–H and O–H groups in total. The number of benzene rings is 4. The van der Waals surface area contributed by atoms with Gasteiger partial charge < -0.3 is 19.7 Å². The second kappa shape index (κ2) is 16.7. The molecule has 0 aromatic heterocycles. The van der Waals surface area contributed by atoms with Crippen molar-refractivity contribution in [3.8, 4) is 11.5 Å². The van der Waals surface area contributed by atoms with Crippen LogP contribution in [0.15, 0.2) is 108 Å². The molecule has 1 aliphatic carbocycles. The minimum absolute atomic E-state index is 0.00279. The average molecular weight is 704 g/mol. The maximum Gasteiger partial charge on any atom is 0.264 e. The number of nitrogens with one attached hydrogen (secondary N) is 1. The van der Waals surface area contributed by atoms with Crippen molar-refractivity contribution in [2.24, 2.45) is 0 Å². The summed E-state index contributed by atoms with van der Waals surface area (Å²) >= 11 is 6.20. The van der Waals surface area contributed by atoms with Crippen LogP contribution in [0.2, 0.25) is 5.02 Å². The summed E-state index contributed by atoms with van der Waals surface area (Å²) in [6, 6.07) is 28.3. The highest BCUT2D eigenvalue weighted by molar-refractivity contribution is 7.92. The van der Waals surface area contributed by atoms with E-state index in [1.54, 1.807) is 54.6 Å². The molecule has 11 heteroatoms. The number of sulfonamides is 1. The predicted octanol–water partition coefficient (Wildman–Crippen LogP) is 6.64. The Labute approximate surface area is 293 Å². The van der Waals surface area contributed by atoms with Crippen molar-refractivity contribution in [2.75, 3.05) is 25.1 Å². The first kappa shape index (κ1) is 35.8. The smallest absolute Gasteiger partial charge is 0.264 e. The summed E-state index contributed by atoms with van der Waals surface area (Å²) in [6.07, 6.45) is 5.14. The number of methoxy groups -OCH3 is 2. The molecule has 1 unspecified atom stereocenters. The highest BCUT2D eigenvalue weighted by atomic mass is 35.5. The number of anilines is 1. The number of carbonyl (C=O) groups excluding carboxylic acids is 2. The Hall–Kier alpha value is -4.54. The standard InChI is InChI=1S/C38H42ClN3O6S/c1-47-32-22-23-36(48-2)34(25-32)42(49(45,46)33-16-10-5-11-17-33)27-37(43)41(26-29-18-20-30(39)21-19-29)35(24-28-12-6-3-7-13-28)38(44)40-31-14-8-4-9-15-31/h3,5-7,10-13,16-23,25,31,35H,4,8-9,14-15,24,26-27H2,1-2H3,(H,40,44). The third kappa shape index (κ3) is 9.13. The summed E-state index contributed by atoms with van der Waals surface area (Å²) in [7, 11) is -1.41. The van der Waals surface area contributed by atoms with Gasteiger partial charge in [-0.25, -0.2) is 8.42 Å². The summed E-state index contributed by atoms with van der Waals surface area (Å²) in [6.45, 7) is -0.573. The molecule has 1 saturated carbocycles. The van der Waals surface area contributed by atoms with Crippen molar-refractivity contribution < 1.29 is 27.5 Å². The van der Waals surface area contributed by atoms with Crippen LogP contribution in [0.5, 0.6) is 11.5 Å². The molecular formula is C38H42ClN3O6S. The van der Waals surface area contributed by atoms with Crippen LogP contribution in [0.1, 0.15) is 43.2 Å². The van der Waals surface area contributed by atoms with Crippen molar-refractivity contribution in [1.29, 1.82) is 0 Å². The summed E-state index contributed by atoms with van der Waals surface area (Å²) in [4.78, 5) is 30.5. The van der Waals surface area contributed by atoms with E-state index >= 15 is 0 Å². The minimum atomic E-state index is -4.31. The van der Waals surface area contributed by atoms with Crippen LogP contribution in [0, 0.1) is 0 Å². The van der Waals surface area contributed by atoms with Crippen molar-refractivity contribution >= 4 is 39.1 Å². The number of nitrogens with zero attached hydrogens (tertiary/aromatic N) is 2. The topological polar surface area (TPSA) is 105 Å². The molecule has 5 rings (SSSR count). The Balaban J connectivity index is 1.60. The van der Waals surface area contributed by atoms with Crippen molar-refractivity contribution in [2.45, 2.75) is 62.0 Å². The molecule has 1 aliphatic rings. The zero-order valence-electron chi connectivity index (χ0n) is 27.8. The first-order valence-electron chi connectivity index (χ1n) is 16.4. The molecule has 0 radical (unpaired) electrons. The van der Waals surface area contributed by atoms with E-state index in [9.17, 15) is 18.0 Å². The van der Waals surface area contributed by atoms with Crippen molar-refractivity contribution in [1.82, 2.24) is 10.2 Å². The molecule has 49 heavy (non-hydrogen) atoms. The predicted molar refractivity (Wildman–Crippen MR) is 191 cm³/mol. The SMILES string of the molecule is COc1ccc(OC)c(N(CC(=O)N(Cc2ccc(Cl)cc2)C(Cc2ccccc2)C(=O)NC2CCCCC2)S(=O)(=O)c2ccccc2)c1. The molecule has 0 saturated heterocycles. The minimum Gasteiger partial charge on any atom is -0.497 e. The third-order valence-electron chi connectivity index (χ3n) is 8.75. The molecular weight excluding hydrogens is 662 g/mol. The monoisotopic (exact) mass is 703 g/mol. The Morgan fingerprint density at radius 3 is 2.12 bits per heavy atom. The third-order valence-corrected chi connectivity index (χ3v) is 10.8. The molecule has 9 nitrogen and oxygen atoms in total. The van der Waals surface area contributed by atoms with Gasteiger partial charge in [0, 0.05) is 30.1 Å². The quantitative estimate of drug-likeness (QED) is 0.158. The Morgan fingerprint density at radius 2 is 1.49 bits per heavy atom. The van der Waals surface area contributed by atoms with E-state index in [1.165, 1.54) is 37.3 Å². The second-order valence-corrected chi connectivity index (χ2v) is 14.4. The average Bonchev–Trinajstić information content (AvgIpc) is 3.13. The van der Waals surface area contributed by atoms with E-state index in [1.807, 2.05) is 30.3 Å². The molecule has 1 atom stereocenters. The lowest BCUT2D eigenvalue weighted by Gasteiger charge is -2.35. The summed E-state index contributed by atoms with van der Waals surface area (Å²) in [5, 5.41) is 3.75. The number of rotatable bonds is 14. The molecule has 258 valence electrons. The number of carbonyl (C=O) groups is 2. The number of ether oxygens (including phenoxy) is 2. The molecule has 4 aromatic rings.